The van der Waals surface area contributed by atoms with Gasteiger partial charge in [0.2, 0.25) is 10.0 Å². The van der Waals surface area contributed by atoms with Crippen LogP contribution in [0.3, 0.4) is 0 Å². The fraction of sp³-hybridized carbons (Fsp3) is 0.571. The minimum absolute atomic E-state index is 0.311. The molecule has 1 heterocycles. The number of benzene rings is 1. The van der Waals surface area contributed by atoms with Crippen LogP contribution in [0.5, 0.6) is 0 Å². The van der Waals surface area contributed by atoms with E-state index in [1.54, 1.807) is 25.1 Å². The highest BCUT2D eigenvalue weighted by Crippen LogP contribution is 2.17. The zero-order chi connectivity index (χ0) is 14.6. The topological polar surface area (TPSA) is 75.4 Å². The van der Waals surface area contributed by atoms with Crippen LogP contribution in [-0.2, 0) is 10.0 Å². The van der Waals surface area contributed by atoms with Crippen molar-refractivity contribution in [1.29, 1.82) is 0 Å². The van der Waals surface area contributed by atoms with Crippen molar-refractivity contribution < 1.29 is 8.42 Å². The summed E-state index contributed by atoms with van der Waals surface area (Å²) in [5, 5.41) is 0. The Balaban J connectivity index is 1.93. The summed E-state index contributed by atoms with van der Waals surface area (Å²) in [4.78, 5) is 2.62. The van der Waals surface area contributed by atoms with Gasteiger partial charge in [-0.05, 0) is 56.6 Å². The Labute approximate surface area is 121 Å². The van der Waals surface area contributed by atoms with Crippen LogP contribution in [0, 0.1) is 6.92 Å². The Morgan fingerprint density at radius 3 is 2.60 bits per heavy atom. The van der Waals surface area contributed by atoms with Crippen molar-refractivity contribution in [3.63, 3.8) is 0 Å². The summed E-state index contributed by atoms with van der Waals surface area (Å²) in [6.45, 7) is 5.13. The summed E-state index contributed by atoms with van der Waals surface area (Å²) in [5.74, 6) is 0. The van der Waals surface area contributed by atoms with E-state index in [1.807, 2.05) is 0 Å². The van der Waals surface area contributed by atoms with Crippen LogP contribution in [0.1, 0.15) is 24.8 Å². The van der Waals surface area contributed by atoms with Crippen molar-refractivity contribution in [3.8, 4) is 0 Å². The van der Waals surface area contributed by atoms with Gasteiger partial charge in [0, 0.05) is 18.8 Å². The molecule has 1 aromatic rings. The van der Waals surface area contributed by atoms with Crippen molar-refractivity contribution in [3.05, 3.63) is 23.8 Å². The molecule has 2 rings (SSSR count). The molecule has 1 saturated heterocycles. The van der Waals surface area contributed by atoms with Gasteiger partial charge < -0.3 is 10.6 Å². The molecule has 1 fully saturated rings. The second kappa shape index (κ2) is 6.56. The monoisotopic (exact) mass is 297 g/mol. The van der Waals surface area contributed by atoms with Crippen LogP contribution in [0.2, 0.25) is 0 Å². The number of rotatable bonds is 5. The summed E-state index contributed by atoms with van der Waals surface area (Å²) < 4.78 is 27.1. The summed E-state index contributed by atoms with van der Waals surface area (Å²) in [5.41, 5.74) is 6.90. The van der Waals surface area contributed by atoms with Gasteiger partial charge in [-0.3, -0.25) is 0 Å². The number of aryl methyl sites for hydroxylation is 1. The highest BCUT2D eigenvalue weighted by molar-refractivity contribution is 7.89. The maximum absolute atomic E-state index is 12.2. The van der Waals surface area contributed by atoms with Gasteiger partial charge in [-0.2, -0.15) is 0 Å². The first-order chi connectivity index (χ1) is 9.49. The van der Waals surface area contributed by atoms with E-state index in [-0.39, 0.29) is 0 Å². The molecule has 0 bridgehead atoms. The third-order valence-electron chi connectivity index (χ3n) is 3.66. The van der Waals surface area contributed by atoms with E-state index in [1.165, 1.54) is 19.3 Å². The number of hydrogen-bond donors (Lipinski definition) is 2. The van der Waals surface area contributed by atoms with Gasteiger partial charge in [-0.25, -0.2) is 13.1 Å². The average Bonchev–Trinajstić information content (AvgIpc) is 2.39. The molecule has 0 saturated carbocycles. The number of nitrogens with two attached hydrogens (primary N) is 1. The van der Waals surface area contributed by atoms with Gasteiger partial charge in [0.1, 0.15) is 0 Å². The first kappa shape index (κ1) is 15.3. The molecule has 1 aliphatic heterocycles. The third-order valence-corrected chi connectivity index (χ3v) is 5.28. The number of nitrogen functional groups attached to an aromatic ring is 1. The Morgan fingerprint density at radius 2 is 1.95 bits per heavy atom. The average molecular weight is 297 g/mol. The highest BCUT2D eigenvalue weighted by Gasteiger charge is 2.17. The second-order valence-electron chi connectivity index (χ2n) is 5.33. The van der Waals surface area contributed by atoms with E-state index in [4.69, 9.17) is 5.73 Å². The predicted octanol–water partition coefficient (Wildman–Crippen LogP) is 1.34. The van der Waals surface area contributed by atoms with Crippen LogP contribution in [0.15, 0.2) is 23.1 Å². The lowest BCUT2D eigenvalue weighted by Crippen LogP contribution is -2.37. The molecule has 112 valence electrons. The molecule has 1 aliphatic rings. The van der Waals surface area contributed by atoms with Crippen LogP contribution in [-0.4, -0.2) is 39.5 Å². The molecule has 0 radical (unpaired) electrons. The normalized spacial score (nSPS) is 17.2. The van der Waals surface area contributed by atoms with Crippen molar-refractivity contribution in [2.24, 2.45) is 0 Å². The summed E-state index contributed by atoms with van der Waals surface area (Å²) in [7, 11) is -3.44. The molecule has 5 nitrogen and oxygen atoms in total. The van der Waals surface area contributed by atoms with E-state index in [0.29, 0.717) is 22.7 Å². The first-order valence-corrected chi connectivity index (χ1v) is 8.55. The largest absolute Gasteiger partial charge is 0.399 e. The molecule has 0 aliphatic carbocycles. The Hall–Kier alpha value is -1.11. The molecular formula is C14H23N3O2S. The lowest BCUT2D eigenvalue weighted by atomic mass is 10.1. The Kier molecular flexibility index (Phi) is 5.01. The lowest BCUT2D eigenvalue weighted by molar-refractivity contribution is 0.233. The smallest absolute Gasteiger partial charge is 0.240 e. The summed E-state index contributed by atoms with van der Waals surface area (Å²) >= 11 is 0. The number of piperidine rings is 1. The maximum Gasteiger partial charge on any atom is 0.240 e. The van der Waals surface area contributed by atoms with Crippen LogP contribution >= 0.6 is 0 Å². The molecular weight excluding hydrogens is 274 g/mol. The Morgan fingerprint density at radius 1 is 1.25 bits per heavy atom. The van der Waals surface area contributed by atoms with Gasteiger partial charge in [0.15, 0.2) is 0 Å². The molecule has 20 heavy (non-hydrogen) atoms. The van der Waals surface area contributed by atoms with Gasteiger partial charge >= 0.3 is 0 Å². The second-order valence-corrected chi connectivity index (χ2v) is 7.06. The number of nitrogens with zero attached hydrogens (tertiary/aromatic N) is 1. The minimum atomic E-state index is -3.44. The number of sulfonamides is 1. The predicted molar refractivity (Wildman–Crippen MR) is 81.1 cm³/mol. The summed E-state index contributed by atoms with van der Waals surface area (Å²) in [6, 6.07) is 4.86. The minimum Gasteiger partial charge on any atom is -0.399 e. The van der Waals surface area contributed by atoms with Crippen molar-refractivity contribution >= 4 is 15.7 Å². The standard InChI is InChI=1S/C14H23N3O2S/c1-12-11-13(15)5-6-14(12)20(18,19)16-7-10-17-8-3-2-4-9-17/h5-6,11,16H,2-4,7-10,15H2,1H3. The van der Waals surface area contributed by atoms with Crippen LogP contribution in [0.4, 0.5) is 5.69 Å². The molecule has 0 spiro atoms. The van der Waals surface area contributed by atoms with E-state index >= 15 is 0 Å². The van der Waals surface area contributed by atoms with Gasteiger partial charge in [-0.15, -0.1) is 0 Å². The first-order valence-electron chi connectivity index (χ1n) is 7.07. The quantitative estimate of drug-likeness (QED) is 0.804. The molecule has 0 unspecified atom stereocenters. The van der Waals surface area contributed by atoms with Crippen molar-refractivity contribution in [2.75, 3.05) is 31.9 Å². The fourth-order valence-corrected chi connectivity index (χ4v) is 3.82. The molecule has 0 atom stereocenters. The maximum atomic E-state index is 12.2. The molecule has 3 N–H and O–H groups in total. The third kappa shape index (κ3) is 3.94. The van der Waals surface area contributed by atoms with E-state index < -0.39 is 10.0 Å². The van der Waals surface area contributed by atoms with E-state index in [0.717, 1.165) is 19.6 Å². The van der Waals surface area contributed by atoms with Gasteiger partial charge in [0.25, 0.3) is 0 Å². The fourth-order valence-electron chi connectivity index (χ4n) is 2.57. The Bertz CT molecular complexity index is 552. The van der Waals surface area contributed by atoms with Crippen LogP contribution < -0.4 is 10.5 Å². The number of hydrogen-bond acceptors (Lipinski definition) is 4. The zero-order valence-corrected chi connectivity index (χ0v) is 12.7. The van der Waals surface area contributed by atoms with Crippen molar-refractivity contribution in [1.82, 2.24) is 9.62 Å². The highest BCUT2D eigenvalue weighted by atomic mass is 32.2. The number of anilines is 1. The number of likely N-dealkylation sites (tertiary alicyclic amines) is 1. The zero-order valence-electron chi connectivity index (χ0n) is 11.9. The molecule has 6 heteroatoms. The van der Waals surface area contributed by atoms with E-state index in [9.17, 15) is 8.42 Å². The van der Waals surface area contributed by atoms with E-state index in [2.05, 4.69) is 9.62 Å². The van der Waals surface area contributed by atoms with Gasteiger partial charge in [0.05, 0.1) is 4.90 Å². The molecule has 0 amide bonds. The lowest BCUT2D eigenvalue weighted by Gasteiger charge is -2.26. The summed E-state index contributed by atoms with van der Waals surface area (Å²) in [6.07, 6.45) is 3.71. The SMILES string of the molecule is Cc1cc(N)ccc1S(=O)(=O)NCCN1CCCCC1. The molecule has 0 aromatic heterocycles. The van der Waals surface area contributed by atoms with Gasteiger partial charge in [-0.1, -0.05) is 6.42 Å². The van der Waals surface area contributed by atoms with Crippen LogP contribution in [0.25, 0.3) is 0 Å². The number of nitrogens with one attached hydrogen (secondary N) is 1. The molecule has 1 aromatic carbocycles. The van der Waals surface area contributed by atoms with Crippen molar-refractivity contribution in [2.45, 2.75) is 31.1 Å².